The minimum atomic E-state index is 0.110. The first-order valence-electron chi connectivity index (χ1n) is 6.23. The highest BCUT2D eigenvalue weighted by molar-refractivity contribution is 5.76. The van der Waals surface area contributed by atoms with Crippen LogP contribution in [0.5, 0.6) is 6.01 Å². The molecule has 19 heavy (non-hydrogen) atoms. The fourth-order valence-corrected chi connectivity index (χ4v) is 1.94. The lowest BCUT2D eigenvalue weighted by Crippen LogP contribution is -2.43. The van der Waals surface area contributed by atoms with Crippen LogP contribution in [-0.4, -0.2) is 52.0 Å². The first-order valence-corrected chi connectivity index (χ1v) is 6.23. The molecule has 1 aliphatic heterocycles. The number of anilines is 2. The number of aromatic nitrogens is 3. The molecule has 0 bridgehead atoms. The zero-order valence-corrected chi connectivity index (χ0v) is 11.1. The number of carbonyl (C=O) groups excluding carboxylic acids is 1. The van der Waals surface area contributed by atoms with Crippen molar-refractivity contribution < 1.29 is 9.53 Å². The molecule has 1 saturated heterocycles. The molecule has 1 aromatic heterocycles. The molecule has 0 spiro atoms. The molecule has 8 heteroatoms. The Hall–Kier alpha value is -2.12. The monoisotopic (exact) mass is 266 g/mol. The Bertz CT molecular complexity index is 466. The Kier molecular flexibility index (Phi) is 3.98. The number of ether oxygens (including phenoxy) is 1. The minimum Gasteiger partial charge on any atom is -0.464 e. The summed E-state index contributed by atoms with van der Waals surface area (Å²) in [6, 6.07) is 0.316. The van der Waals surface area contributed by atoms with E-state index in [4.69, 9.17) is 10.5 Å². The number of hydrogen-bond acceptors (Lipinski definition) is 7. The number of piperidine rings is 1. The van der Waals surface area contributed by atoms with E-state index in [1.54, 1.807) is 11.9 Å². The van der Waals surface area contributed by atoms with Gasteiger partial charge in [0.15, 0.2) is 0 Å². The number of hydrogen-bond donors (Lipinski definition) is 2. The maximum atomic E-state index is 11.4. The number of rotatable bonds is 4. The van der Waals surface area contributed by atoms with Crippen LogP contribution >= 0.6 is 0 Å². The summed E-state index contributed by atoms with van der Waals surface area (Å²) < 4.78 is 5.21. The fraction of sp³-hybridized carbons (Fsp3) is 0.636. The summed E-state index contributed by atoms with van der Waals surface area (Å²) >= 11 is 0. The fourth-order valence-electron chi connectivity index (χ4n) is 1.94. The van der Waals surface area contributed by atoms with Gasteiger partial charge in [-0.15, -0.1) is 0 Å². The molecule has 1 amide bonds. The van der Waals surface area contributed by atoms with Gasteiger partial charge in [-0.1, -0.05) is 0 Å². The normalized spacial score (nSPS) is 19.4. The number of carbonyl (C=O) groups is 1. The number of likely N-dealkylation sites (tertiary alicyclic amines) is 1. The van der Waals surface area contributed by atoms with Crippen molar-refractivity contribution in [1.82, 2.24) is 19.9 Å². The van der Waals surface area contributed by atoms with Crippen molar-refractivity contribution in [2.24, 2.45) is 0 Å². The van der Waals surface area contributed by atoms with Crippen molar-refractivity contribution in [2.75, 3.05) is 31.2 Å². The maximum absolute atomic E-state index is 11.4. The molecule has 0 saturated carbocycles. The van der Waals surface area contributed by atoms with Crippen LogP contribution in [0, 0.1) is 0 Å². The zero-order valence-electron chi connectivity index (χ0n) is 11.1. The molecule has 2 rings (SSSR count). The lowest BCUT2D eigenvalue weighted by Gasteiger charge is -2.30. The number of nitrogens with one attached hydrogen (secondary N) is 1. The number of nitrogens with two attached hydrogens (primary N) is 1. The smallest absolute Gasteiger partial charge is 0.323 e. The summed E-state index contributed by atoms with van der Waals surface area (Å²) in [6.45, 7) is 2.92. The van der Waals surface area contributed by atoms with E-state index in [0.717, 1.165) is 6.42 Å². The molecule has 0 aromatic carbocycles. The van der Waals surface area contributed by atoms with E-state index >= 15 is 0 Å². The summed E-state index contributed by atoms with van der Waals surface area (Å²) in [4.78, 5) is 25.1. The number of nitrogen functional groups attached to an aromatic ring is 1. The van der Waals surface area contributed by atoms with Gasteiger partial charge in [0.1, 0.15) is 0 Å². The molecule has 1 unspecified atom stereocenters. The second-order valence-electron chi connectivity index (χ2n) is 4.39. The highest BCUT2D eigenvalue weighted by Gasteiger charge is 2.23. The topological polar surface area (TPSA) is 106 Å². The zero-order chi connectivity index (χ0) is 13.8. The van der Waals surface area contributed by atoms with Gasteiger partial charge in [0, 0.05) is 26.1 Å². The van der Waals surface area contributed by atoms with Crippen LogP contribution < -0.4 is 15.8 Å². The van der Waals surface area contributed by atoms with Crippen molar-refractivity contribution in [2.45, 2.75) is 25.8 Å². The van der Waals surface area contributed by atoms with Crippen LogP contribution in [0.15, 0.2) is 0 Å². The summed E-state index contributed by atoms with van der Waals surface area (Å²) in [5.41, 5.74) is 5.60. The SMILES string of the molecule is CCOc1nc(N)nc(NC2CCC(=O)N(C)C2)n1. The van der Waals surface area contributed by atoms with E-state index in [1.165, 1.54) is 0 Å². The van der Waals surface area contributed by atoms with Crippen LogP contribution in [0.3, 0.4) is 0 Å². The number of likely N-dealkylation sites (N-methyl/N-ethyl adjacent to an activating group) is 1. The molecule has 3 N–H and O–H groups in total. The van der Waals surface area contributed by atoms with Crippen molar-refractivity contribution >= 4 is 17.8 Å². The minimum absolute atomic E-state index is 0.110. The molecule has 104 valence electrons. The van der Waals surface area contributed by atoms with Gasteiger partial charge < -0.3 is 20.7 Å². The van der Waals surface area contributed by atoms with Gasteiger partial charge in [-0.05, 0) is 13.3 Å². The molecule has 2 heterocycles. The Morgan fingerprint density at radius 1 is 1.47 bits per heavy atom. The van der Waals surface area contributed by atoms with E-state index in [2.05, 4.69) is 20.3 Å². The molecule has 1 atom stereocenters. The van der Waals surface area contributed by atoms with Crippen LogP contribution in [0.25, 0.3) is 0 Å². The Morgan fingerprint density at radius 2 is 2.26 bits per heavy atom. The highest BCUT2D eigenvalue weighted by Crippen LogP contribution is 2.15. The average molecular weight is 266 g/mol. The summed E-state index contributed by atoms with van der Waals surface area (Å²) in [5.74, 6) is 0.646. The lowest BCUT2D eigenvalue weighted by atomic mass is 10.1. The maximum Gasteiger partial charge on any atom is 0.323 e. The molecule has 1 aliphatic rings. The van der Waals surface area contributed by atoms with Gasteiger partial charge in [0.25, 0.3) is 0 Å². The quantitative estimate of drug-likeness (QED) is 0.782. The standard InChI is InChI=1S/C11H18N6O2/c1-3-19-11-15-9(12)14-10(16-11)13-7-4-5-8(18)17(2)6-7/h7H,3-6H2,1-2H3,(H3,12,13,14,15,16). The van der Waals surface area contributed by atoms with Gasteiger partial charge in [-0.25, -0.2) is 0 Å². The Labute approximate surface area is 111 Å². The molecule has 8 nitrogen and oxygen atoms in total. The van der Waals surface area contributed by atoms with E-state index in [9.17, 15) is 4.79 Å². The van der Waals surface area contributed by atoms with E-state index in [-0.39, 0.29) is 23.9 Å². The van der Waals surface area contributed by atoms with Gasteiger partial charge in [0.2, 0.25) is 17.8 Å². The third-order valence-corrected chi connectivity index (χ3v) is 2.87. The van der Waals surface area contributed by atoms with Gasteiger partial charge in [0.05, 0.1) is 6.61 Å². The average Bonchev–Trinajstić information content (AvgIpc) is 2.33. The Morgan fingerprint density at radius 3 is 2.95 bits per heavy atom. The largest absolute Gasteiger partial charge is 0.464 e. The summed E-state index contributed by atoms with van der Waals surface area (Å²) in [6.07, 6.45) is 1.27. The Balaban J connectivity index is 2.04. The number of nitrogens with zero attached hydrogens (tertiary/aromatic N) is 4. The van der Waals surface area contributed by atoms with E-state index in [1.807, 2.05) is 6.92 Å². The van der Waals surface area contributed by atoms with Crippen molar-refractivity contribution in [1.29, 1.82) is 0 Å². The predicted molar refractivity (Wildman–Crippen MR) is 69.7 cm³/mol. The first-order chi connectivity index (χ1) is 9.08. The third kappa shape index (κ3) is 3.43. The molecule has 1 fully saturated rings. The third-order valence-electron chi connectivity index (χ3n) is 2.87. The molecule has 1 aromatic rings. The number of amides is 1. The van der Waals surface area contributed by atoms with Crippen molar-refractivity contribution in [3.63, 3.8) is 0 Å². The van der Waals surface area contributed by atoms with Crippen LogP contribution in [-0.2, 0) is 4.79 Å². The van der Waals surface area contributed by atoms with Crippen LogP contribution in [0.1, 0.15) is 19.8 Å². The first kappa shape index (κ1) is 13.3. The summed E-state index contributed by atoms with van der Waals surface area (Å²) in [7, 11) is 1.78. The second kappa shape index (κ2) is 5.68. The van der Waals surface area contributed by atoms with Gasteiger partial charge in [-0.2, -0.15) is 15.0 Å². The molecule has 0 radical (unpaired) electrons. The molecule has 0 aliphatic carbocycles. The van der Waals surface area contributed by atoms with Crippen LogP contribution in [0.2, 0.25) is 0 Å². The van der Waals surface area contributed by atoms with Crippen molar-refractivity contribution in [3.8, 4) is 6.01 Å². The lowest BCUT2D eigenvalue weighted by molar-refractivity contribution is -0.132. The van der Waals surface area contributed by atoms with Gasteiger partial charge >= 0.3 is 6.01 Å². The van der Waals surface area contributed by atoms with Crippen molar-refractivity contribution in [3.05, 3.63) is 0 Å². The second-order valence-corrected chi connectivity index (χ2v) is 4.39. The van der Waals surface area contributed by atoms with E-state index < -0.39 is 0 Å². The molecular weight excluding hydrogens is 248 g/mol. The van der Waals surface area contributed by atoms with Crippen LogP contribution in [0.4, 0.5) is 11.9 Å². The van der Waals surface area contributed by atoms with Gasteiger partial charge in [-0.3, -0.25) is 4.79 Å². The summed E-state index contributed by atoms with van der Waals surface area (Å²) in [5, 5.41) is 3.16. The van der Waals surface area contributed by atoms with E-state index in [0.29, 0.717) is 25.5 Å². The highest BCUT2D eigenvalue weighted by atomic mass is 16.5. The predicted octanol–water partition coefficient (Wildman–Crippen LogP) is -0.115. The molecular formula is C11H18N6O2.